The third-order valence-electron chi connectivity index (χ3n) is 12.6. The Bertz CT molecular complexity index is 872. The topological polar surface area (TPSA) is 79.3 Å². The molecule has 0 aromatic heterocycles. The Morgan fingerprint density at radius 3 is 1.17 bits per heavy atom. The number of unbranched alkanes of at least 4 members (excludes halogenated alkanes) is 22. The molecular weight excluding hydrogens is 733 g/mol. The molecule has 2 atom stereocenters. The Balaban J connectivity index is 4.89. The highest BCUT2D eigenvalue weighted by Crippen LogP contribution is 2.22. The molecule has 0 aliphatic rings. The Morgan fingerprint density at radius 2 is 0.746 bits per heavy atom. The molecule has 0 radical (unpaired) electrons. The van der Waals surface area contributed by atoms with E-state index in [1.807, 2.05) is 0 Å². The van der Waals surface area contributed by atoms with Crippen LogP contribution in [0.15, 0.2) is 0 Å². The largest absolute Gasteiger partial charge is 0.465 e. The molecule has 59 heavy (non-hydrogen) atoms. The van der Waals surface area contributed by atoms with Crippen molar-refractivity contribution in [2.75, 3.05) is 59.1 Å². The lowest BCUT2D eigenvalue weighted by Crippen LogP contribution is -2.33. The van der Waals surface area contributed by atoms with Crippen LogP contribution in [0, 0.1) is 11.8 Å². The number of ether oxygens (including phenoxy) is 2. The van der Waals surface area contributed by atoms with Crippen LogP contribution < -0.4 is 0 Å². The Morgan fingerprint density at radius 1 is 0.390 bits per heavy atom. The fraction of sp³-hybridized carbons (Fsp3) is 0.962. The van der Waals surface area contributed by atoms with E-state index in [1.54, 1.807) is 0 Å². The number of carbonyl (C=O) groups excluding carboxylic acids is 2. The third-order valence-corrected chi connectivity index (χ3v) is 12.6. The van der Waals surface area contributed by atoms with Crippen molar-refractivity contribution in [2.24, 2.45) is 11.8 Å². The van der Waals surface area contributed by atoms with Crippen molar-refractivity contribution in [3.8, 4) is 0 Å². The summed E-state index contributed by atoms with van der Waals surface area (Å²) in [5.74, 6) is 0.894. The highest BCUT2D eigenvalue weighted by Gasteiger charge is 2.16. The van der Waals surface area contributed by atoms with Crippen molar-refractivity contribution in [1.82, 2.24) is 9.80 Å². The summed E-state index contributed by atoms with van der Waals surface area (Å²) in [7, 11) is 0. The average molecular weight is 837 g/mol. The Kier molecular flexibility index (Phi) is 45.4. The van der Waals surface area contributed by atoms with E-state index >= 15 is 0 Å². The number of aliphatic hydroxyl groups is 1. The minimum atomic E-state index is -0.0581. The first kappa shape index (κ1) is 57.8. The lowest BCUT2D eigenvalue weighted by molar-refractivity contribution is -0.146. The van der Waals surface area contributed by atoms with Gasteiger partial charge in [-0.2, -0.15) is 0 Å². The molecule has 7 nitrogen and oxygen atoms in total. The van der Waals surface area contributed by atoms with Crippen LogP contribution in [0.3, 0.4) is 0 Å². The van der Waals surface area contributed by atoms with Gasteiger partial charge in [0.15, 0.2) is 0 Å². The van der Waals surface area contributed by atoms with Gasteiger partial charge in [0, 0.05) is 19.5 Å². The summed E-state index contributed by atoms with van der Waals surface area (Å²) in [4.78, 5) is 30.6. The van der Waals surface area contributed by atoms with Gasteiger partial charge in [0.25, 0.3) is 0 Å². The Hall–Kier alpha value is -1.18. The first-order valence-corrected chi connectivity index (χ1v) is 26.3. The van der Waals surface area contributed by atoms with Crippen molar-refractivity contribution >= 4 is 11.9 Å². The minimum absolute atomic E-state index is 0.0353. The predicted molar refractivity (Wildman–Crippen MR) is 254 cm³/mol. The Labute approximate surface area is 368 Å². The standard InChI is InChI=1S/C52H104N2O5/c1-6-11-15-19-22-23-26-31-38-50(37-30-25-21-17-13-8-3)48-59-52(57)40-44-54(43-34-42-53(10-5)45-46-55)41-33-27-32-39-51(56)58-47-49(35-28-18-14-9-4)36-29-24-20-16-12-7-2/h49-50,55H,6-48H2,1-5H3. The van der Waals surface area contributed by atoms with Crippen molar-refractivity contribution < 1.29 is 24.2 Å². The molecule has 7 heteroatoms. The molecule has 0 rings (SSSR count). The smallest absolute Gasteiger partial charge is 0.307 e. The fourth-order valence-electron chi connectivity index (χ4n) is 8.50. The molecule has 0 amide bonds. The van der Waals surface area contributed by atoms with Crippen LogP contribution >= 0.6 is 0 Å². The maximum atomic E-state index is 13.1. The molecule has 0 saturated heterocycles. The van der Waals surface area contributed by atoms with Gasteiger partial charge in [-0.3, -0.25) is 9.59 Å². The van der Waals surface area contributed by atoms with E-state index < -0.39 is 0 Å². The number of esters is 2. The first-order valence-electron chi connectivity index (χ1n) is 26.3. The number of hydrogen-bond acceptors (Lipinski definition) is 7. The quantitative estimate of drug-likeness (QED) is 0.0483. The number of likely N-dealkylation sites (N-methyl/N-ethyl adjacent to an activating group) is 1. The molecular formula is C52H104N2O5. The van der Waals surface area contributed by atoms with Gasteiger partial charge in [-0.1, -0.05) is 195 Å². The third kappa shape index (κ3) is 40.6. The molecule has 352 valence electrons. The minimum Gasteiger partial charge on any atom is -0.465 e. The SMILES string of the molecule is CCCCCCCCCCC(CCCCCCCC)COC(=O)CCN(CCCCCC(=O)OCC(CCCCCC)CCCCCCCC)CCCN(CC)CCO. The second-order valence-corrected chi connectivity index (χ2v) is 18.2. The van der Waals surface area contributed by atoms with Gasteiger partial charge in [0.05, 0.1) is 26.2 Å². The second-order valence-electron chi connectivity index (χ2n) is 18.2. The molecule has 0 saturated carbocycles. The zero-order valence-electron chi connectivity index (χ0n) is 40.5. The van der Waals surface area contributed by atoms with Crippen LogP contribution in [-0.4, -0.2) is 85.9 Å². The van der Waals surface area contributed by atoms with Crippen LogP contribution in [-0.2, 0) is 19.1 Å². The summed E-state index contributed by atoms with van der Waals surface area (Å²) in [6.45, 7) is 17.7. The number of nitrogens with zero attached hydrogens (tertiary/aromatic N) is 2. The van der Waals surface area contributed by atoms with Gasteiger partial charge >= 0.3 is 11.9 Å². The summed E-state index contributed by atoms with van der Waals surface area (Å²) in [6.07, 6.45) is 40.9. The highest BCUT2D eigenvalue weighted by atomic mass is 16.5. The van der Waals surface area contributed by atoms with Gasteiger partial charge in [0.1, 0.15) is 0 Å². The monoisotopic (exact) mass is 837 g/mol. The van der Waals surface area contributed by atoms with Gasteiger partial charge < -0.3 is 24.4 Å². The normalized spacial score (nSPS) is 12.7. The van der Waals surface area contributed by atoms with Crippen molar-refractivity contribution in [2.45, 2.75) is 253 Å². The van der Waals surface area contributed by atoms with E-state index in [1.165, 1.54) is 180 Å². The molecule has 1 N–H and O–H groups in total. The van der Waals surface area contributed by atoms with Crippen LogP contribution in [0.5, 0.6) is 0 Å². The van der Waals surface area contributed by atoms with E-state index in [2.05, 4.69) is 44.4 Å². The van der Waals surface area contributed by atoms with Gasteiger partial charge in [-0.15, -0.1) is 0 Å². The molecule has 0 fully saturated rings. The molecule has 0 heterocycles. The molecule has 0 aliphatic heterocycles. The lowest BCUT2D eigenvalue weighted by Gasteiger charge is -2.25. The van der Waals surface area contributed by atoms with Gasteiger partial charge in [-0.05, 0) is 83.0 Å². The predicted octanol–water partition coefficient (Wildman–Crippen LogP) is 14.3. The van der Waals surface area contributed by atoms with E-state index in [-0.39, 0.29) is 18.5 Å². The van der Waals surface area contributed by atoms with Crippen LogP contribution in [0.1, 0.15) is 253 Å². The lowest BCUT2D eigenvalue weighted by atomic mass is 9.94. The highest BCUT2D eigenvalue weighted by molar-refractivity contribution is 5.69. The molecule has 0 spiro atoms. The van der Waals surface area contributed by atoms with E-state index in [9.17, 15) is 14.7 Å². The second kappa shape index (κ2) is 46.3. The number of rotatable bonds is 48. The fourth-order valence-corrected chi connectivity index (χ4v) is 8.50. The molecule has 0 aromatic rings. The van der Waals surface area contributed by atoms with Crippen LogP contribution in [0.25, 0.3) is 0 Å². The summed E-state index contributed by atoms with van der Waals surface area (Å²) >= 11 is 0. The maximum absolute atomic E-state index is 13.1. The summed E-state index contributed by atoms with van der Waals surface area (Å²) in [6, 6.07) is 0. The van der Waals surface area contributed by atoms with Gasteiger partial charge in [0.2, 0.25) is 0 Å². The average Bonchev–Trinajstić information content (AvgIpc) is 3.24. The number of aliphatic hydroxyl groups excluding tert-OH is 1. The first-order chi connectivity index (χ1) is 28.9. The number of hydrogen-bond donors (Lipinski definition) is 1. The summed E-state index contributed by atoms with van der Waals surface area (Å²) in [5.41, 5.74) is 0. The van der Waals surface area contributed by atoms with E-state index in [0.717, 1.165) is 51.9 Å². The van der Waals surface area contributed by atoms with Gasteiger partial charge in [-0.25, -0.2) is 0 Å². The summed E-state index contributed by atoms with van der Waals surface area (Å²) in [5, 5.41) is 9.46. The number of carbonyl (C=O) groups is 2. The van der Waals surface area contributed by atoms with Crippen LogP contribution in [0.4, 0.5) is 0 Å². The van der Waals surface area contributed by atoms with Crippen molar-refractivity contribution in [3.63, 3.8) is 0 Å². The molecule has 0 aromatic carbocycles. The zero-order valence-corrected chi connectivity index (χ0v) is 40.5. The summed E-state index contributed by atoms with van der Waals surface area (Å²) < 4.78 is 11.9. The molecule has 0 aliphatic carbocycles. The van der Waals surface area contributed by atoms with E-state index in [0.29, 0.717) is 51.0 Å². The maximum Gasteiger partial charge on any atom is 0.307 e. The van der Waals surface area contributed by atoms with Crippen molar-refractivity contribution in [1.29, 1.82) is 0 Å². The van der Waals surface area contributed by atoms with Crippen molar-refractivity contribution in [3.05, 3.63) is 0 Å². The molecule has 0 bridgehead atoms. The molecule has 2 unspecified atom stereocenters. The zero-order chi connectivity index (χ0) is 43.3. The van der Waals surface area contributed by atoms with Crippen LogP contribution in [0.2, 0.25) is 0 Å². The van der Waals surface area contributed by atoms with E-state index in [4.69, 9.17) is 9.47 Å².